The first-order chi connectivity index (χ1) is 14.6. The van der Waals surface area contributed by atoms with Gasteiger partial charge in [0.15, 0.2) is 0 Å². The van der Waals surface area contributed by atoms with E-state index in [-0.39, 0.29) is 29.9 Å². The zero-order valence-electron chi connectivity index (χ0n) is 19.1. The maximum Gasteiger partial charge on any atom is 0.243 e. The highest BCUT2D eigenvalue weighted by Crippen LogP contribution is 2.18. The average Bonchev–Trinajstić information content (AvgIpc) is 2.69. The number of carbonyl (C=O) groups is 2. The number of nitrogens with one attached hydrogen (secondary N) is 1. The Morgan fingerprint density at radius 3 is 2.16 bits per heavy atom. The first-order valence-electron chi connectivity index (χ1n) is 10.6. The third-order valence-electron chi connectivity index (χ3n) is 4.77. The maximum absolute atomic E-state index is 13.3. The number of benzene rings is 2. The highest BCUT2D eigenvalue weighted by molar-refractivity contribution is 7.99. The van der Waals surface area contributed by atoms with Gasteiger partial charge in [0.2, 0.25) is 11.8 Å². The highest BCUT2D eigenvalue weighted by Gasteiger charge is 2.30. The second kappa shape index (κ2) is 11.3. The minimum absolute atomic E-state index is 0.0997. The first kappa shape index (κ1) is 24.9. The van der Waals surface area contributed by atoms with Crippen molar-refractivity contribution < 1.29 is 14.0 Å². The molecule has 1 atom stereocenters. The summed E-state index contributed by atoms with van der Waals surface area (Å²) < 4.78 is 13.3. The predicted octanol–water partition coefficient (Wildman–Crippen LogP) is 5.09. The molecule has 0 aliphatic carbocycles. The van der Waals surface area contributed by atoms with Gasteiger partial charge in [-0.25, -0.2) is 4.39 Å². The molecule has 0 bridgehead atoms. The van der Waals surface area contributed by atoms with Gasteiger partial charge in [0.1, 0.15) is 11.9 Å². The molecule has 2 rings (SSSR count). The fraction of sp³-hybridized carbons (Fsp3) is 0.440. The molecule has 168 valence electrons. The van der Waals surface area contributed by atoms with Crippen molar-refractivity contribution in [2.24, 2.45) is 0 Å². The van der Waals surface area contributed by atoms with E-state index in [1.807, 2.05) is 34.6 Å². The van der Waals surface area contributed by atoms with Gasteiger partial charge < -0.3 is 10.2 Å². The monoisotopic (exact) mass is 444 g/mol. The number of aryl methyl sites for hydroxylation is 1. The lowest BCUT2D eigenvalue weighted by Crippen LogP contribution is -2.53. The van der Waals surface area contributed by atoms with Crippen LogP contribution in [0, 0.1) is 12.7 Å². The van der Waals surface area contributed by atoms with E-state index in [1.54, 1.807) is 17.0 Å². The van der Waals surface area contributed by atoms with E-state index >= 15 is 0 Å². The van der Waals surface area contributed by atoms with E-state index in [4.69, 9.17) is 0 Å². The number of thioether (sulfide) groups is 1. The van der Waals surface area contributed by atoms with Crippen molar-refractivity contribution >= 4 is 23.6 Å². The molecule has 0 aliphatic heterocycles. The Bertz CT molecular complexity index is 861. The molecule has 0 fully saturated rings. The van der Waals surface area contributed by atoms with E-state index in [2.05, 4.69) is 29.6 Å². The summed E-state index contributed by atoms with van der Waals surface area (Å²) in [5, 5.41) is 2.99. The summed E-state index contributed by atoms with van der Waals surface area (Å²) in [6.45, 7) is 9.96. The average molecular weight is 445 g/mol. The van der Waals surface area contributed by atoms with Crippen LogP contribution in [0.2, 0.25) is 0 Å². The summed E-state index contributed by atoms with van der Waals surface area (Å²) in [5.74, 6) is 0.398. The number of rotatable bonds is 9. The molecule has 0 heterocycles. The number of hydrogen-bond donors (Lipinski definition) is 1. The van der Waals surface area contributed by atoms with E-state index < -0.39 is 11.6 Å². The molecule has 0 radical (unpaired) electrons. The molecule has 0 saturated heterocycles. The molecule has 4 nitrogen and oxygen atoms in total. The summed E-state index contributed by atoms with van der Waals surface area (Å²) in [4.78, 5) is 27.7. The molecule has 0 aromatic heterocycles. The summed E-state index contributed by atoms with van der Waals surface area (Å²) >= 11 is 1.53. The standard InChI is InChI=1S/C25H33FN2O2S/c1-6-22(24(30)27-25(3,4)5)28(15-19-11-13-21(26)14-12-19)23(29)17-31-16-20-9-7-18(2)8-10-20/h7-14,22H,6,15-17H2,1-5H3,(H,27,30). The number of hydrogen-bond acceptors (Lipinski definition) is 3. The zero-order chi connectivity index (χ0) is 23.0. The van der Waals surface area contributed by atoms with E-state index in [1.165, 1.54) is 29.5 Å². The molecule has 1 N–H and O–H groups in total. The lowest BCUT2D eigenvalue weighted by atomic mass is 10.1. The Balaban J connectivity index is 2.14. The molecular formula is C25H33FN2O2S. The van der Waals surface area contributed by atoms with Gasteiger partial charge in [0.05, 0.1) is 5.75 Å². The normalized spacial score (nSPS) is 12.3. The fourth-order valence-corrected chi connectivity index (χ4v) is 4.05. The Morgan fingerprint density at radius 2 is 1.61 bits per heavy atom. The van der Waals surface area contributed by atoms with Crippen LogP contribution in [-0.2, 0) is 21.9 Å². The maximum atomic E-state index is 13.3. The van der Waals surface area contributed by atoms with Gasteiger partial charge in [-0.2, -0.15) is 0 Å². The molecule has 2 aromatic rings. The van der Waals surface area contributed by atoms with Crippen LogP contribution in [0.4, 0.5) is 4.39 Å². The smallest absolute Gasteiger partial charge is 0.243 e. The molecule has 6 heteroatoms. The van der Waals surface area contributed by atoms with Crippen molar-refractivity contribution in [1.82, 2.24) is 10.2 Å². The van der Waals surface area contributed by atoms with Gasteiger partial charge in [-0.3, -0.25) is 9.59 Å². The van der Waals surface area contributed by atoms with Gasteiger partial charge in [0, 0.05) is 17.8 Å². The highest BCUT2D eigenvalue weighted by atomic mass is 32.2. The van der Waals surface area contributed by atoms with Gasteiger partial charge in [0.25, 0.3) is 0 Å². The van der Waals surface area contributed by atoms with Crippen LogP contribution in [0.25, 0.3) is 0 Å². The van der Waals surface area contributed by atoms with Crippen LogP contribution >= 0.6 is 11.8 Å². The van der Waals surface area contributed by atoms with Crippen LogP contribution in [0.15, 0.2) is 48.5 Å². The quantitative estimate of drug-likeness (QED) is 0.586. The van der Waals surface area contributed by atoms with Gasteiger partial charge in [-0.05, 0) is 57.4 Å². The Labute approximate surface area is 189 Å². The van der Waals surface area contributed by atoms with Gasteiger partial charge in [-0.1, -0.05) is 48.9 Å². The number of amides is 2. The predicted molar refractivity (Wildman–Crippen MR) is 126 cm³/mol. The Hall–Kier alpha value is -2.34. The number of carbonyl (C=O) groups excluding carboxylic acids is 2. The largest absolute Gasteiger partial charge is 0.350 e. The molecule has 0 spiro atoms. The summed E-state index contributed by atoms with van der Waals surface area (Å²) in [6, 6.07) is 13.7. The summed E-state index contributed by atoms with van der Waals surface area (Å²) in [5.41, 5.74) is 2.76. The molecule has 0 aliphatic rings. The van der Waals surface area contributed by atoms with Crippen LogP contribution in [0.5, 0.6) is 0 Å². The van der Waals surface area contributed by atoms with Gasteiger partial charge in [-0.15, -0.1) is 11.8 Å². The third-order valence-corrected chi connectivity index (χ3v) is 5.75. The number of nitrogens with zero attached hydrogens (tertiary/aromatic N) is 1. The lowest BCUT2D eigenvalue weighted by molar-refractivity contribution is -0.140. The molecule has 31 heavy (non-hydrogen) atoms. The van der Waals surface area contributed by atoms with Crippen LogP contribution in [0.3, 0.4) is 0 Å². The number of halogens is 1. The van der Waals surface area contributed by atoms with E-state index in [0.29, 0.717) is 6.42 Å². The van der Waals surface area contributed by atoms with Crippen molar-refractivity contribution in [1.29, 1.82) is 0 Å². The minimum Gasteiger partial charge on any atom is -0.350 e. The second-order valence-electron chi connectivity index (χ2n) is 8.79. The summed E-state index contributed by atoms with van der Waals surface area (Å²) in [6.07, 6.45) is 0.497. The second-order valence-corrected chi connectivity index (χ2v) is 9.78. The topological polar surface area (TPSA) is 49.4 Å². The van der Waals surface area contributed by atoms with Crippen LogP contribution in [-0.4, -0.2) is 34.0 Å². The first-order valence-corrected chi connectivity index (χ1v) is 11.7. The zero-order valence-corrected chi connectivity index (χ0v) is 19.9. The Morgan fingerprint density at radius 1 is 1.03 bits per heavy atom. The third kappa shape index (κ3) is 8.37. The van der Waals surface area contributed by atoms with Crippen molar-refractivity contribution in [2.45, 2.75) is 64.9 Å². The van der Waals surface area contributed by atoms with Crippen molar-refractivity contribution in [3.05, 3.63) is 71.0 Å². The molecule has 2 amide bonds. The van der Waals surface area contributed by atoms with Crippen molar-refractivity contribution in [3.8, 4) is 0 Å². The van der Waals surface area contributed by atoms with Crippen molar-refractivity contribution in [2.75, 3.05) is 5.75 Å². The Kier molecular flexibility index (Phi) is 9.11. The van der Waals surface area contributed by atoms with Crippen molar-refractivity contribution in [3.63, 3.8) is 0 Å². The SMILES string of the molecule is CCC(C(=O)NC(C)(C)C)N(Cc1ccc(F)cc1)C(=O)CSCc1ccc(C)cc1. The van der Waals surface area contributed by atoms with E-state index in [9.17, 15) is 14.0 Å². The minimum atomic E-state index is -0.586. The molecule has 1 unspecified atom stereocenters. The summed E-state index contributed by atoms with van der Waals surface area (Å²) in [7, 11) is 0. The fourth-order valence-electron chi connectivity index (χ4n) is 3.18. The molecular weight excluding hydrogens is 411 g/mol. The molecule has 2 aromatic carbocycles. The van der Waals surface area contributed by atoms with Gasteiger partial charge >= 0.3 is 0 Å². The molecule has 0 saturated carbocycles. The lowest BCUT2D eigenvalue weighted by Gasteiger charge is -2.33. The van der Waals surface area contributed by atoms with Crippen LogP contribution in [0.1, 0.15) is 50.8 Å². The van der Waals surface area contributed by atoms with Crippen LogP contribution < -0.4 is 5.32 Å². The van der Waals surface area contributed by atoms with E-state index in [0.717, 1.165) is 16.9 Å².